The second kappa shape index (κ2) is 9.81. The summed E-state index contributed by atoms with van der Waals surface area (Å²) in [6.45, 7) is 2.69. The van der Waals surface area contributed by atoms with Gasteiger partial charge >= 0.3 is 0 Å². The van der Waals surface area contributed by atoms with E-state index in [0.717, 1.165) is 22.8 Å². The maximum Gasteiger partial charge on any atom is 0.231 e. The molecule has 1 atom stereocenters. The monoisotopic (exact) mass is 473 g/mol. The lowest BCUT2D eigenvalue weighted by molar-refractivity contribution is -0.118. The minimum Gasteiger partial charge on any atom is -0.454 e. The lowest BCUT2D eigenvalue weighted by Gasteiger charge is -2.20. The number of carbonyl (C=O) groups excluding carboxylic acids is 1. The van der Waals surface area contributed by atoms with Crippen molar-refractivity contribution >= 4 is 29.3 Å². The molecule has 4 rings (SSSR count). The van der Waals surface area contributed by atoms with Gasteiger partial charge in [-0.05, 0) is 63.0 Å². The Bertz CT molecular complexity index is 1100. The van der Waals surface area contributed by atoms with E-state index in [1.54, 1.807) is 0 Å². The van der Waals surface area contributed by atoms with Crippen LogP contribution in [0.15, 0.2) is 47.6 Å². The van der Waals surface area contributed by atoms with Gasteiger partial charge in [0.25, 0.3) is 0 Å². The minimum absolute atomic E-state index is 0.0346. The summed E-state index contributed by atoms with van der Waals surface area (Å²) in [5.74, 6) is 2.33. The van der Waals surface area contributed by atoms with Gasteiger partial charge in [0.1, 0.15) is 0 Å². The molecule has 0 bridgehead atoms. The molecule has 3 aromatic rings. The molecule has 1 N–H and O–H groups in total. The van der Waals surface area contributed by atoms with E-state index >= 15 is 0 Å². The topological polar surface area (TPSA) is 81.5 Å². The first-order valence-electron chi connectivity index (χ1n) is 10.1. The van der Waals surface area contributed by atoms with Gasteiger partial charge in [0, 0.05) is 17.3 Å². The Balaban J connectivity index is 1.44. The van der Waals surface area contributed by atoms with Crippen molar-refractivity contribution in [2.24, 2.45) is 0 Å². The van der Waals surface area contributed by atoms with Gasteiger partial charge < -0.3 is 14.8 Å². The number of hydrogen-bond acceptors (Lipinski definition) is 7. The van der Waals surface area contributed by atoms with Crippen molar-refractivity contribution in [2.75, 3.05) is 26.6 Å². The first-order chi connectivity index (χ1) is 15.4. The van der Waals surface area contributed by atoms with Crippen LogP contribution in [0.25, 0.3) is 5.69 Å². The lowest BCUT2D eigenvalue weighted by Crippen LogP contribution is -2.24. The number of carbonyl (C=O) groups is 1. The summed E-state index contributed by atoms with van der Waals surface area (Å²) < 4.78 is 12.7. The van der Waals surface area contributed by atoms with E-state index in [9.17, 15) is 4.79 Å². The molecule has 8 nitrogen and oxygen atoms in total. The molecule has 0 aliphatic carbocycles. The predicted molar refractivity (Wildman–Crippen MR) is 124 cm³/mol. The molecule has 0 spiro atoms. The summed E-state index contributed by atoms with van der Waals surface area (Å²) >= 11 is 7.40. The Labute approximate surface area is 195 Å². The van der Waals surface area contributed by atoms with Crippen LogP contribution in [-0.2, 0) is 11.3 Å². The average Bonchev–Trinajstić information content (AvgIpc) is 3.42. The van der Waals surface area contributed by atoms with E-state index < -0.39 is 0 Å². The van der Waals surface area contributed by atoms with Gasteiger partial charge in [0.2, 0.25) is 12.7 Å². The highest BCUT2D eigenvalue weighted by Gasteiger charge is 2.21. The van der Waals surface area contributed by atoms with Crippen molar-refractivity contribution in [3.8, 4) is 17.2 Å². The van der Waals surface area contributed by atoms with Crippen molar-refractivity contribution < 1.29 is 14.3 Å². The number of hydrogen-bond donors (Lipinski definition) is 1. The van der Waals surface area contributed by atoms with Crippen molar-refractivity contribution in [3.05, 3.63) is 58.9 Å². The summed E-state index contributed by atoms with van der Waals surface area (Å²) in [7, 11) is 3.98. The smallest absolute Gasteiger partial charge is 0.231 e. The molecule has 10 heteroatoms. The molecule has 0 fully saturated rings. The summed E-state index contributed by atoms with van der Waals surface area (Å²) in [5.41, 5.74) is 1.84. The number of ether oxygens (including phenoxy) is 2. The SMILES string of the molecule is CC(c1nnc(SCC(=O)NCc2ccc3c(c2)OCO3)n1-c1ccc(Cl)cc1)N(C)C. The average molecular weight is 474 g/mol. The highest BCUT2D eigenvalue weighted by atomic mass is 35.5. The highest BCUT2D eigenvalue weighted by Crippen LogP contribution is 2.32. The third kappa shape index (κ3) is 5.01. The fraction of sp³-hybridized carbons (Fsp3) is 0.318. The van der Waals surface area contributed by atoms with Crippen LogP contribution in [0.5, 0.6) is 11.5 Å². The van der Waals surface area contributed by atoms with Gasteiger partial charge in [-0.3, -0.25) is 14.3 Å². The molecule has 2 heterocycles. The number of halogens is 1. The zero-order valence-corrected chi connectivity index (χ0v) is 19.6. The van der Waals surface area contributed by atoms with Gasteiger partial charge in [-0.1, -0.05) is 29.4 Å². The zero-order chi connectivity index (χ0) is 22.7. The largest absolute Gasteiger partial charge is 0.454 e. The van der Waals surface area contributed by atoms with Crippen LogP contribution >= 0.6 is 23.4 Å². The van der Waals surface area contributed by atoms with E-state index in [4.69, 9.17) is 21.1 Å². The summed E-state index contributed by atoms with van der Waals surface area (Å²) in [5, 5.41) is 13.0. The number of amides is 1. The molecule has 0 saturated heterocycles. The number of thioether (sulfide) groups is 1. The van der Waals surface area contributed by atoms with Crippen LogP contribution in [0, 0.1) is 0 Å². The van der Waals surface area contributed by atoms with Crippen LogP contribution in [0.1, 0.15) is 24.4 Å². The van der Waals surface area contributed by atoms with Crippen LogP contribution in [0.2, 0.25) is 5.02 Å². The van der Waals surface area contributed by atoms with Gasteiger partial charge in [-0.25, -0.2) is 0 Å². The van der Waals surface area contributed by atoms with Crippen LogP contribution < -0.4 is 14.8 Å². The molecule has 1 amide bonds. The maximum atomic E-state index is 12.5. The maximum absolute atomic E-state index is 12.5. The molecular weight excluding hydrogens is 450 g/mol. The summed E-state index contributed by atoms with van der Waals surface area (Å²) in [4.78, 5) is 14.6. The fourth-order valence-corrected chi connectivity index (χ4v) is 4.06. The third-order valence-corrected chi connectivity index (χ3v) is 6.33. The quantitative estimate of drug-likeness (QED) is 0.500. The minimum atomic E-state index is -0.0967. The lowest BCUT2D eigenvalue weighted by atomic mass is 10.2. The Kier molecular flexibility index (Phi) is 6.88. The van der Waals surface area contributed by atoms with Crippen molar-refractivity contribution in [1.29, 1.82) is 0 Å². The molecule has 0 saturated carbocycles. The molecule has 2 aromatic carbocycles. The van der Waals surface area contributed by atoms with Crippen LogP contribution in [0.3, 0.4) is 0 Å². The van der Waals surface area contributed by atoms with Crippen LogP contribution in [0.4, 0.5) is 0 Å². The van der Waals surface area contributed by atoms with E-state index in [2.05, 4.69) is 27.3 Å². The van der Waals surface area contributed by atoms with Gasteiger partial charge in [0.15, 0.2) is 22.5 Å². The van der Waals surface area contributed by atoms with Gasteiger partial charge in [0.05, 0.1) is 11.8 Å². The standard InChI is InChI=1S/C22H24ClN5O3S/c1-14(27(2)3)21-25-26-22(28(21)17-7-5-16(23)6-8-17)32-12-20(29)24-11-15-4-9-18-19(10-15)31-13-30-18/h4-10,14H,11-13H2,1-3H3,(H,24,29). The van der Waals surface area contributed by atoms with E-state index in [1.807, 2.05) is 61.1 Å². The molecule has 1 aliphatic rings. The Morgan fingerprint density at radius 1 is 1.19 bits per heavy atom. The molecule has 1 aliphatic heterocycles. The second-order valence-electron chi connectivity index (χ2n) is 7.55. The zero-order valence-electron chi connectivity index (χ0n) is 18.0. The molecular formula is C22H24ClN5O3S. The van der Waals surface area contributed by atoms with Crippen LogP contribution in [-0.4, -0.2) is 52.2 Å². The van der Waals surface area contributed by atoms with Gasteiger partial charge in [-0.15, -0.1) is 10.2 Å². The summed E-state index contributed by atoms with van der Waals surface area (Å²) in [6, 6.07) is 13.2. The Hall–Kier alpha value is -2.75. The number of nitrogens with one attached hydrogen (secondary N) is 1. The van der Waals surface area contributed by atoms with Crippen molar-refractivity contribution in [2.45, 2.75) is 24.7 Å². The fourth-order valence-electron chi connectivity index (χ4n) is 3.14. The predicted octanol–water partition coefficient (Wildman–Crippen LogP) is 3.68. The molecule has 1 unspecified atom stereocenters. The second-order valence-corrected chi connectivity index (χ2v) is 8.92. The molecule has 0 radical (unpaired) electrons. The first-order valence-corrected chi connectivity index (χ1v) is 11.4. The van der Waals surface area contributed by atoms with Crippen molar-refractivity contribution in [3.63, 3.8) is 0 Å². The molecule has 32 heavy (non-hydrogen) atoms. The molecule has 1 aromatic heterocycles. The Morgan fingerprint density at radius 2 is 1.94 bits per heavy atom. The number of aromatic nitrogens is 3. The highest BCUT2D eigenvalue weighted by molar-refractivity contribution is 7.99. The Morgan fingerprint density at radius 3 is 2.69 bits per heavy atom. The van der Waals surface area contributed by atoms with E-state index in [-0.39, 0.29) is 24.5 Å². The normalized spacial score (nSPS) is 13.4. The first kappa shape index (κ1) is 22.4. The van der Waals surface area contributed by atoms with E-state index in [1.165, 1.54) is 11.8 Å². The molecule has 168 valence electrons. The third-order valence-electron chi connectivity index (χ3n) is 5.15. The number of benzene rings is 2. The van der Waals surface area contributed by atoms with Gasteiger partial charge in [-0.2, -0.15) is 0 Å². The number of fused-ring (bicyclic) bond motifs is 1. The number of rotatable bonds is 8. The number of nitrogens with zero attached hydrogens (tertiary/aromatic N) is 4. The summed E-state index contributed by atoms with van der Waals surface area (Å²) in [6.07, 6.45) is 0. The van der Waals surface area contributed by atoms with Crippen molar-refractivity contribution in [1.82, 2.24) is 25.0 Å². The van der Waals surface area contributed by atoms with E-state index in [0.29, 0.717) is 22.5 Å².